The maximum atomic E-state index is 12.4. The first-order valence-corrected chi connectivity index (χ1v) is 8.87. The van der Waals surface area contributed by atoms with Crippen LogP contribution in [0.5, 0.6) is 5.75 Å². The van der Waals surface area contributed by atoms with Crippen molar-refractivity contribution in [3.8, 4) is 16.9 Å². The Balaban J connectivity index is 1.44. The number of carbonyl (C=O) groups is 1. The van der Waals surface area contributed by atoms with E-state index in [1.54, 1.807) is 7.05 Å². The van der Waals surface area contributed by atoms with Gasteiger partial charge < -0.3 is 15.8 Å². The molecular weight excluding hydrogens is 342 g/mol. The van der Waals surface area contributed by atoms with Crippen molar-refractivity contribution in [2.75, 3.05) is 6.61 Å². The van der Waals surface area contributed by atoms with Crippen molar-refractivity contribution < 1.29 is 9.53 Å². The van der Waals surface area contributed by atoms with Crippen LogP contribution in [0.2, 0.25) is 0 Å². The number of aryl methyl sites for hydroxylation is 1. The molecule has 138 valence electrons. The fourth-order valence-corrected chi connectivity index (χ4v) is 3.26. The van der Waals surface area contributed by atoms with Crippen LogP contribution >= 0.6 is 0 Å². The van der Waals surface area contributed by atoms with E-state index < -0.39 is 0 Å². The Labute approximate surface area is 157 Å². The highest BCUT2D eigenvalue weighted by Crippen LogP contribution is 2.30. The molecule has 0 saturated carbocycles. The summed E-state index contributed by atoms with van der Waals surface area (Å²) in [5, 5.41) is 10.6. The molecule has 2 heterocycles. The van der Waals surface area contributed by atoms with Gasteiger partial charge >= 0.3 is 0 Å². The lowest BCUT2D eigenvalue weighted by atomic mass is 10.0. The molecule has 0 fully saturated rings. The van der Waals surface area contributed by atoms with Gasteiger partial charge in [0.25, 0.3) is 5.91 Å². The third-order valence-corrected chi connectivity index (χ3v) is 4.73. The molecule has 1 aromatic heterocycles. The second kappa shape index (κ2) is 7.20. The Kier molecular flexibility index (Phi) is 4.60. The number of nitrogens with two attached hydrogens (primary N) is 1. The molecule has 0 radical (unpaired) electrons. The molecular formula is C20H21N5O2. The molecule has 1 amide bonds. The molecule has 2 aromatic carbocycles. The van der Waals surface area contributed by atoms with Gasteiger partial charge in [0.15, 0.2) is 5.69 Å². The molecule has 0 aliphatic carbocycles. The number of rotatable bonds is 5. The van der Waals surface area contributed by atoms with E-state index in [0.29, 0.717) is 17.9 Å². The van der Waals surface area contributed by atoms with Crippen LogP contribution in [-0.4, -0.2) is 27.5 Å². The molecule has 7 nitrogen and oxygen atoms in total. The number of hydrogen-bond acceptors (Lipinski definition) is 5. The van der Waals surface area contributed by atoms with Gasteiger partial charge in [-0.1, -0.05) is 35.5 Å². The molecule has 0 bridgehead atoms. The summed E-state index contributed by atoms with van der Waals surface area (Å²) in [6.07, 6.45) is 0.959. The first-order valence-electron chi connectivity index (χ1n) is 8.87. The van der Waals surface area contributed by atoms with Crippen molar-refractivity contribution in [1.29, 1.82) is 0 Å². The summed E-state index contributed by atoms with van der Waals surface area (Å²) in [5.41, 5.74) is 11.1. The Morgan fingerprint density at radius 2 is 2.00 bits per heavy atom. The second-order valence-electron chi connectivity index (χ2n) is 6.51. The number of amides is 1. The van der Waals surface area contributed by atoms with Gasteiger partial charge in [-0.2, -0.15) is 0 Å². The van der Waals surface area contributed by atoms with Gasteiger partial charge in [-0.3, -0.25) is 4.79 Å². The molecule has 0 atom stereocenters. The van der Waals surface area contributed by atoms with Crippen molar-refractivity contribution in [3.05, 3.63) is 65.0 Å². The number of ether oxygens (including phenoxy) is 1. The summed E-state index contributed by atoms with van der Waals surface area (Å²) >= 11 is 0. The van der Waals surface area contributed by atoms with Gasteiger partial charge in [0.1, 0.15) is 11.4 Å². The van der Waals surface area contributed by atoms with Crippen LogP contribution in [0.4, 0.5) is 0 Å². The average molecular weight is 363 g/mol. The summed E-state index contributed by atoms with van der Waals surface area (Å²) in [4.78, 5) is 12.4. The molecule has 4 rings (SSSR count). The topological polar surface area (TPSA) is 95.1 Å². The van der Waals surface area contributed by atoms with Crippen molar-refractivity contribution in [3.63, 3.8) is 0 Å². The number of nitrogens with zero attached hydrogens (tertiary/aromatic N) is 3. The van der Waals surface area contributed by atoms with Crippen LogP contribution < -0.4 is 15.8 Å². The van der Waals surface area contributed by atoms with E-state index in [9.17, 15) is 4.79 Å². The maximum absolute atomic E-state index is 12.4. The van der Waals surface area contributed by atoms with Crippen molar-refractivity contribution >= 4 is 5.91 Å². The van der Waals surface area contributed by atoms with Gasteiger partial charge in [-0.15, -0.1) is 5.10 Å². The van der Waals surface area contributed by atoms with Crippen LogP contribution in [0.1, 0.15) is 27.3 Å². The molecule has 0 saturated heterocycles. The van der Waals surface area contributed by atoms with E-state index in [4.69, 9.17) is 10.5 Å². The lowest BCUT2D eigenvalue weighted by molar-refractivity contribution is 0.0940. The van der Waals surface area contributed by atoms with Crippen LogP contribution in [0.3, 0.4) is 0 Å². The molecule has 1 aliphatic heterocycles. The quantitative estimate of drug-likeness (QED) is 0.721. The Morgan fingerprint density at radius 1 is 1.22 bits per heavy atom. The number of nitrogens with one attached hydrogen (secondary N) is 1. The van der Waals surface area contributed by atoms with Gasteiger partial charge in [-0.05, 0) is 34.4 Å². The van der Waals surface area contributed by atoms with E-state index in [0.717, 1.165) is 29.9 Å². The van der Waals surface area contributed by atoms with E-state index in [-0.39, 0.29) is 12.5 Å². The fourth-order valence-electron chi connectivity index (χ4n) is 3.26. The van der Waals surface area contributed by atoms with E-state index in [1.165, 1.54) is 15.8 Å². The zero-order valence-electron chi connectivity index (χ0n) is 15.1. The minimum atomic E-state index is -0.231. The number of aromatic nitrogens is 3. The molecule has 7 heteroatoms. The third-order valence-electron chi connectivity index (χ3n) is 4.73. The number of hydrogen-bond donors (Lipinski definition) is 2. The SMILES string of the molecule is Cn1nnc(CN)c1C(=O)NCc1ccc(-c2ccc3c(c2)CCO3)cc1. The van der Waals surface area contributed by atoms with E-state index >= 15 is 0 Å². The van der Waals surface area contributed by atoms with Crippen molar-refractivity contribution in [1.82, 2.24) is 20.3 Å². The number of carbonyl (C=O) groups excluding carboxylic acids is 1. The average Bonchev–Trinajstić information content (AvgIpc) is 3.32. The van der Waals surface area contributed by atoms with Gasteiger partial charge in [0.2, 0.25) is 0 Å². The normalized spacial score (nSPS) is 12.5. The van der Waals surface area contributed by atoms with Gasteiger partial charge in [-0.25, -0.2) is 4.68 Å². The Morgan fingerprint density at radius 3 is 2.78 bits per heavy atom. The molecule has 1 aliphatic rings. The first kappa shape index (κ1) is 17.2. The summed E-state index contributed by atoms with van der Waals surface area (Å²) in [5.74, 6) is 0.755. The van der Waals surface area contributed by atoms with Gasteiger partial charge in [0, 0.05) is 26.6 Å². The largest absolute Gasteiger partial charge is 0.493 e. The predicted molar refractivity (Wildman–Crippen MR) is 101 cm³/mol. The number of benzene rings is 2. The third kappa shape index (κ3) is 3.41. The first-order chi connectivity index (χ1) is 13.2. The predicted octanol–water partition coefficient (Wildman–Crippen LogP) is 1.81. The molecule has 0 spiro atoms. The lowest BCUT2D eigenvalue weighted by Crippen LogP contribution is -2.26. The minimum Gasteiger partial charge on any atom is -0.493 e. The highest BCUT2D eigenvalue weighted by molar-refractivity contribution is 5.93. The van der Waals surface area contributed by atoms with Gasteiger partial charge in [0.05, 0.1) is 6.61 Å². The van der Waals surface area contributed by atoms with Crippen LogP contribution in [0.15, 0.2) is 42.5 Å². The summed E-state index contributed by atoms with van der Waals surface area (Å²) in [6.45, 7) is 1.36. The molecule has 3 N–H and O–H groups in total. The fraction of sp³-hybridized carbons (Fsp3) is 0.250. The summed E-state index contributed by atoms with van der Waals surface area (Å²) in [7, 11) is 1.68. The molecule has 0 unspecified atom stereocenters. The minimum absolute atomic E-state index is 0.178. The number of fused-ring (bicyclic) bond motifs is 1. The second-order valence-corrected chi connectivity index (χ2v) is 6.51. The Hall–Kier alpha value is -3.19. The highest BCUT2D eigenvalue weighted by atomic mass is 16.5. The molecule has 3 aromatic rings. The zero-order valence-corrected chi connectivity index (χ0v) is 15.1. The van der Waals surface area contributed by atoms with Crippen LogP contribution in [0, 0.1) is 0 Å². The highest BCUT2D eigenvalue weighted by Gasteiger charge is 2.17. The summed E-state index contributed by atoms with van der Waals surface area (Å²) < 4.78 is 7.00. The monoisotopic (exact) mass is 363 g/mol. The van der Waals surface area contributed by atoms with Crippen LogP contribution in [-0.2, 0) is 26.6 Å². The zero-order chi connectivity index (χ0) is 18.8. The smallest absolute Gasteiger partial charge is 0.271 e. The maximum Gasteiger partial charge on any atom is 0.271 e. The van der Waals surface area contributed by atoms with E-state index in [2.05, 4.69) is 39.9 Å². The standard InChI is InChI=1S/C20H21N5O2/c1-25-19(17(11-21)23-24-25)20(26)22-12-13-2-4-14(5-3-13)15-6-7-18-16(10-15)8-9-27-18/h2-7,10H,8-9,11-12,21H2,1H3,(H,22,26). The molecule has 27 heavy (non-hydrogen) atoms. The van der Waals surface area contributed by atoms with Crippen LogP contribution in [0.25, 0.3) is 11.1 Å². The summed E-state index contributed by atoms with van der Waals surface area (Å²) in [6, 6.07) is 14.5. The van der Waals surface area contributed by atoms with Crippen molar-refractivity contribution in [2.45, 2.75) is 19.5 Å². The Bertz CT molecular complexity index is 979. The lowest BCUT2D eigenvalue weighted by Gasteiger charge is -2.08. The van der Waals surface area contributed by atoms with Crippen molar-refractivity contribution in [2.24, 2.45) is 12.8 Å². The van der Waals surface area contributed by atoms with E-state index in [1.807, 2.05) is 18.2 Å².